The number of carbonyl (C=O) groups is 1. The van der Waals surface area contributed by atoms with Crippen LogP contribution in [0.1, 0.15) is 10.4 Å². The van der Waals surface area contributed by atoms with Gasteiger partial charge < -0.3 is 5.73 Å². The zero-order valence-corrected chi connectivity index (χ0v) is 10.9. The quantitative estimate of drug-likeness (QED) is 0.609. The molecule has 5 rings (SSSR count). The molecule has 4 fully saturated rings. The van der Waals surface area contributed by atoms with Gasteiger partial charge in [0.25, 0.3) is 0 Å². The summed E-state index contributed by atoms with van der Waals surface area (Å²) in [4.78, 5) is 20.0. The van der Waals surface area contributed by atoms with E-state index >= 15 is 0 Å². The molecule has 1 aromatic carbocycles. The minimum absolute atomic E-state index is 0.213. The van der Waals surface area contributed by atoms with Crippen molar-refractivity contribution in [3.05, 3.63) is 29.8 Å². The highest BCUT2D eigenvalue weighted by molar-refractivity contribution is 6.05. The summed E-state index contributed by atoms with van der Waals surface area (Å²) in [7, 11) is 0. The molecule has 0 radical (unpaired) electrons. The second kappa shape index (κ2) is 3.79. The summed E-state index contributed by atoms with van der Waals surface area (Å²) in [5.41, 5.74) is 6.98. The second-order valence-electron chi connectivity index (χ2n) is 6.11. The molecule has 1 aromatic rings. The van der Waals surface area contributed by atoms with Gasteiger partial charge >= 0.3 is 0 Å². The predicted octanol–water partition coefficient (Wildman–Crippen LogP) is 0.257. The fourth-order valence-electron chi connectivity index (χ4n) is 3.92. The number of ketones is 1. The van der Waals surface area contributed by atoms with Gasteiger partial charge in [-0.2, -0.15) is 0 Å². The van der Waals surface area contributed by atoms with Crippen molar-refractivity contribution in [1.82, 2.24) is 14.7 Å². The first-order valence-corrected chi connectivity index (χ1v) is 6.73. The van der Waals surface area contributed by atoms with Crippen LogP contribution in [-0.4, -0.2) is 60.1 Å². The molecular formula is C14H18N4O. The van der Waals surface area contributed by atoms with Crippen LogP contribution in [-0.2, 0) is 0 Å². The molecule has 0 saturated carbocycles. The fraction of sp³-hybridized carbons (Fsp3) is 0.500. The Labute approximate surface area is 112 Å². The molecule has 5 heteroatoms. The Morgan fingerprint density at radius 2 is 1.53 bits per heavy atom. The van der Waals surface area contributed by atoms with Gasteiger partial charge in [-0.1, -0.05) is 12.1 Å². The Hall–Kier alpha value is -1.43. The maximum atomic E-state index is 13.0. The van der Waals surface area contributed by atoms with Crippen LogP contribution >= 0.6 is 0 Å². The highest BCUT2D eigenvalue weighted by Gasteiger charge is 2.53. The van der Waals surface area contributed by atoms with Crippen LogP contribution in [0.4, 0.5) is 5.69 Å². The third-order valence-corrected chi connectivity index (χ3v) is 4.47. The zero-order valence-electron chi connectivity index (χ0n) is 10.9. The third-order valence-electron chi connectivity index (χ3n) is 4.47. The van der Waals surface area contributed by atoms with Crippen molar-refractivity contribution in [3.63, 3.8) is 0 Å². The summed E-state index contributed by atoms with van der Waals surface area (Å²) >= 11 is 0. The molecule has 4 aliphatic heterocycles. The average Bonchev–Trinajstić information content (AvgIpc) is 2.37. The van der Waals surface area contributed by atoms with E-state index in [2.05, 4.69) is 14.7 Å². The summed E-state index contributed by atoms with van der Waals surface area (Å²) in [6.07, 6.45) is 0. The Bertz CT molecular complexity index is 507. The lowest BCUT2D eigenvalue weighted by atomic mass is 9.75. The van der Waals surface area contributed by atoms with Crippen LogP contribution in [0.2, 0.25) is 0 Å². The van der Waals surface area contributed by atoms with Gasteiger partial charge in [0.2, 0.25) is 0 Å². The zero-order chi connectivity index (χ0) is 13.0. The molecule has 5 nitrogen and oxygen atoms in total. The predicted molar refractivity (Wildman–Crippen MR) is 72.3 cm³/mol. The molecule has 0 aromatic heterocycles. The van der Waals surface area contributed by atoms with Gasteiger partial charge in [0.05, 0.1) is 25.4 Å². The summed E-state index contributed by atoms with van der Waals surface area (Å²) in [5, 5.41) is 0. The lowest BCUT2D eigenvalue weighted by molar-refractivity contribution is -0.155. The van der Waals surface area contributed by atoms with Crippen molar-refractivity contribution in [1.29, 1.82) is 0 Å². The van der Waals surface area contributed by atoms with Crippen LogP contribution in [0.15, 0.2) is 24.3 Å². The lowest BCUT2D eigenvalue weighted by Gasteiger charge is -2.59. The fourth-order valence-corrected chi connectivity index (χ4v) is 3.92. The molecule has 100 valence electrons. The van der Waals surface area contributed by atoms with Gasteiger partial charge in [0.15, 0.2) is 5.78 Å². The molecule has 0 aliphatic carbocycles. The molecule has 0 spiro atoms. The van der Waals surface area contributed by atoms with Crippen LogP contribution in [0.5, 0.6) is 0 Å². The number of para-hydroxylation sites is 1. The Morgan fingerprint density at radius 3 is 2.05 bits per heavy atom. The number of nitrogens with zero attached hydrogens (tertiary/aromatic N) is 3. The number of nitrogen functional groups attached to an aromatic ring is 1. The summed E-state index contributed by atoms with van der Waals surface area (Å²) < 4.78 is 0. The van der Waals surface area contributed by atoms with Crippen LogP contribution < -0.4 is 5.73 Å². The standard InChI is InChI=1S/C14H18N4O/c15-12-4-2-1-3-11(12)13(19)14-5-16-8-17(6-14)10-18(7-14)9-16/h1-4H,5-10,15H2. The Kier molecular flexibility index (Phi) is 2.27. The number of nitrogens with two attached hydrogens (primary N) is 1. The first-order valence-electron chi connectivity index (χ1n) is 6.73. The molecule has 2 N–H and O–H groups in total. The minimum Gasteiger partial charge on any atom is -0.398 e. The minimum atomic E-state index is -0.287. The SMILES string of the molecule is Nc1ccccc1C(=O)C12CN3CN(CN(C3)C1)C2. The second-order valence-corrected chi connectivity index (χ2v) is 6.11. The maximum Gasteiger partial charge on any atom is 0.174 e. The Morgan fingerprint density at radius 1 is 1.00 bits per heavy atom. The molecule has 0 atom stereocenters. The van der Waals surface area contributed by atoms with E-state index in [1.807, 2.05) is 24.3 Å². The first kappa shape index (κ1) is 11.4. The van der Waals surface area contributed by atoms with Crippen molar-refractivity contribution < 1.29 is 4.79 Å². The molecule has 4 bridgehead atoms. The first-order chi connectivity index (χ1) is 9.16. The highest BCUT2D eigenvalue weighted by Crippen LogP contribution is 2.38. The third kappa shape index (κ3) is 1.62. The number of carbonyl (C=O) groups excluding carboxylic acids is 1. The van der Waals surface area contributed by atoms with Crippen LogP contribution in [0.25, 0.3) is 0 Å². The summed E-state index contributed by atoms with van der Waals surface area (Å²) in [6.45, 7) is 5.59. The van der Waals surface area contributed by atoms with Gasteiger partial charge in [0.1, 0.15) is 0 Å². The number of rotatable bonds is 2. The number of hydrogen-bond acceptors (Lipinski definition) is 5. The largest absolute Gasteiger partial charge is 0.398 e. The summed E-state index contributed by atoms with van der Waals surface area (Å²) in [5.74, 6) is 0.213. The molecule has 4 heterocycles. The average molecular weight is 258 g/mol. The molecule has 0 amide bonds. The maximum absolute atomic E-state index is 13.0. The van der Waals surface area contributed by atoms with Gasteiger partial charge in [-0.3, -0.25) is 19.5 Å². The monoisotopic (exact) mass is 258 g/mol. The van der Waals surface area contributed by atoms with Gasteiger partial charge in [-0.05, 0) is 12.1 Å². The number of hydrogen-bond donors (Lipinski definition) is 1. The molecule has 19 heavy (non-hydrogen) atoms. The molecule has 0 unspecified atom stereocenters. The van der Waals surface area contributed by atoms with E-state index in [-0.39, 0.29) is 11.2 Å². The Balaban J connectivity index is 1.72. The van der Waals surface area contributed by atoms with Crippen molar-refractivity contribution in [2.75, 3.05) is 45.4 Å². The molecular weight excluding hydrogens is 240 g/mol. The highest BCUT2D eigenvalue weighted by atomic mass is 16.1. The van der Waals surface area contributed by atoms with E-state index in [1.54, 1.807) is 0 Å². The number of benzene rings is 1. The number of Topliss-reactive ketones (excluding diaryl/α,β-unsaturated/α-hetero) is 1. The van der Waals surface area contributed by atoms with Crippen molar-refractivity contribution in [2.45, 2.75) is 0 Å². The number of anilines is 1. The van der Waals surface area contributed by atoms with E-state index in [4.69, 9.17) is 5.73 Å². The van der Waals surface area contributed by atoms with E-state index in [0.29, 0.717) is 11.3 Å². The van der Waals surface area contributed by atoms with Crippen molar-refractivity contribution in [2.24, 2.45) is 5.41 Å². The van der Waals surface area contributed by atoms with Crippen LogP contribution in [0.3, 0.4) is 0 Å². The van der Waals surface area contributed by atoms with E-state index in [0.717, 1.165) is 39.6 Å². The van der Waals surface area contributed by atoms with E-state index in [9.17, 15) is 4.79 Å². The van der Waals surface area contributed by atoms with Gasteiger partial charge in [-0.15, -0.1) is 0 Å². The van der Waals surface area contributed by atoms with Crippen LogP contribution in [0, 0.1) is 5.41 Å². The van der Waals surface area contributed by atoms with Crippen molar-refractivity contribution in [3.8, 4) is 0 Å². The topological polar surface area (TPSA) is 52.8 Å². The normalized spacial score (nSPS) is 39.5. The van der Waals surface area contributed by atoms with Crippen molar-refractivity contribution >= 4 is 11.5 Å². The molecule has 4 saturated heterocycles. The van der Waals surface area contributed by atoms with E-state index in [1.165, 1.54) is 0 Å². The van der Waals surface area contributed by atoms with E-state index < -0.39 is 0 Å². The summed E-state index contributed by atoms with van der Waals surface area (Å²) in [6, 6.07) is 7.44. The van der Waals surface area contributed by atoms with Gasteiger partial charge in [0, 0.05) is 30.9 Å². The smallest absolute Gasteiger partial charge is 0.174 e. The lowest BCUT2D eigenvalue weighted by Crippen LogP contribution is -2.74. The van der Waals surface area contributed by atoms with Gasteiger partial charge in [-0.25, -0.2) is 0 Å². The molecule has 4 aliphatic rings.